The lowest BCUT2D eigenvalue weighted by Gasteiger charge is -2.17. The minimum atomic E-state index is -0.279. The van der Waals surface area contributed by atoms with Gasteiger partial charge in [-0.15, -0.1) is 5.10 Å². The highest BCUT2D eigenvalue weighted by Crippen LogP contribution is 2.29. The van der Waals surface area contributed by atoms with Gasteiger partial charge in [0.1, 0.15) is 12.1 Å². The molecule has 0 fully saturated rings. The summed E-state index contributed by atoms with van der Waals surface area (Å²) in [6, 6.07) is 13.0. The first-order chi connectivity index (χ1) is 12.8. The summed E-state index contributed by atoms with van der Waals surface area (Å²) in [6.45, 7) is -0.0657. The van der Waals surface area contributed by atoms with Crippen LogP contribution in [0.1, 0.15) is 11.6 Å². The van der Waals surface area contributed by atoms with Gasteiger partial charge in [-0.25, -0.2) is 19.5 Å². The van der Waals surface area contributed by atoms with E-state index in [0.717, 1.165) is 5.56 Å². The van der Waals surface area contributed by atoms with Crippen LogP contribution in [0.25, 0.3) is 16.9 Å². The molecule has 0 radical (unpaired) electrons. The Bertz CT molecular complexity index is 1030. The Morgan fingerprint density at radius 3 is 2.77 bits per heavy atom. The van der Waals surface area contributed by atoms with Crippen molar-refractivity contribution >= 4 is 17.3 Å². The van der Waals surface area contributed by atoms with E-state index < -0.39 is 0 Å². The predicted octanol–water partition coefficient (Wildman–Crippen LogP) is 1.91. The Morgan fingerprint density at radius 2 is 1.96 bits per heavy atom. The molecular formula is C18H17N7O. The van der Waals surface area contributed by atoms with Gasteiger partial charge in [0, 0.05) is 18.5 Å². The van der Waals surface area contributed by atoms with Crippen molar-refractivity contribution in [1.82, 2.24) is 24.6 Å². The van der Waals surface area contributed by atoms with Crippen LogP contribution in [-0.2, 0) is 0 Å². The van der Waals surface area contributed by atoms with Crippen molar-refractivity contribution in [2.75, 3.05) is 17.7 Å². The van der Waals surface area contributed by atoms with E-state index in [0.29, 0.717) is 28.5 Å². The highest BCUT2D eigenvalue weighted by atomic mass is 16.3. The number of aromatic nitrogens is 5. The molecule has 1 aromatic carbocycles. The summed E-state index contributed by atoms with van der Waals surface area (Å²) in [6.07, 6.45) is 4.90. The van der Waals surface area contributed by atoms with Crippen LogP contribution in [0.5, 0.6) is 0 Å². The maximum Gasteiger partial charge on any atom is 0.166 e. The van der Waals surface area contributed by atoms with Crippen LogP contribution in [-0.4, -0.2) is 36.3 Å². The summed E-state index contributed by atoms with van der Waals surface area (Å²) in [5, 5.41) is 17.2. The molecule has 0 spiro atoms. The van der Waals surface area contributed by atoms with Crippen molar-refractivity contribution in [2.24, 2.45) is 0 Å². The van der Waals surface area contributed by atoms with E-state index in [1.165, 1.54) is 6.33 Å². The Kier molecular flexibility index (Phi) is 4.16. The number of anilines is 2. The fraction of sp³-hybridized carbons (Fsp3) is 0.111. The average Bonchev–Trinajstić information content (AvgIpc) is 3.02. The van der Waals surface area contributed by atoms with Crippen molar-refractivity contribution < 1.29 is 5.11 Å². The van der Waals surface area contributed by atoms with Gasteiger partial charge in [-0.1, -0.05) is 30.3 Å². The number of rotatable bonds is 5. The quantitative estimate of drug-likeness (QED) is 0.505. The van der Waals surface area contributed by atoms with Crippen LogP contribution in [0, 0.1) is 0 Å². The molecule has 3 aromatic heterocycles. The van der Waals surface area contributed by atoms with E-state index in [2.05, 4.69) is 25.4 Å². The molecule has 130 valence electrons. The van der Waals surface area contributed by atoms with Crippen molar-refractivity contribution in [3.05, 3.63) is 66.7 Å². The number of nitrogen functional groups attached to an aromatic ring is 1. The molecule has 4 rings (SSSR count). The summed E-state index contributed by atoms with van der Waals surface area (Å²) in [7, 11) is 0. The molecule has 0 saturated carbocycles. The normalized spacial score (nSPS) is 12.2. The fourth-order valence-corrected chi connectivity index (χ4v) is 2.82. The minimum Gasteiger partial charge on any atom is -0.394 e. The summed E-state index contributed by atoms with van der Waals surface area (Å²) in [5.41, 5.74) is 8.91. The van der Waals surface area contributed by atoms with E-state index in [-0.39, 0.29) is 12.6 Å². The number of hydrogen-bond donors (Lipinski definition) is 3. The van der Waals surface area contributed by atoms with Crippen molar-refractivity contribution in [3.8, 4) is 11.3 Å². The standard InChI is InChI=1S/C18H17N7O/c19-17-16(18-20-7-4-8-25(18)24-17)13-9-15(22-11-21-13)23-14(10-26)12-5-2-1-3-6-12/h1-9,11,14,26H,10H2,(H2,19,24)(H,21,22,23)/t14-/m1/s1. The van der Waals surface area contributed by atoms with Crippen LogP contribution in [0.2, 0.25) is 0 Å². The molecule has 1 atom stereocenters. The lowest BCUT2D eigenvalue weighted by Crippen LogP contribution is -2.15. The molecule has 0 aliphatic carbocycles. The molecule has 0 saturated heterocycles. The highest BCUT2D eigenvalue weighted by Gasteiger charge is 2.16. The molecule has 4 aromatic rings. The molecule has 0 bridgehead atoms. The maximum atomic E-state index is 9.73. The van der Waals surface area contributed by atoms with E-state index in [4.69, 9.17) is 5.73 Å². The molecule has 3 heterocycles. The van der Waals surface area contributed by atoms with Crippen LogP contribution in [0.3, 0.4) is 0 Å². The van der Waals surface area contributed by atoms with Crippen molar-refractivity contribution in [3.63, 3.8) is 0 Å². The zero-order valence-electron chi connectivity index (χ0n) is 13.8. The zero-order valence-corrected chi connectivity index (χ0v) is 13.8. The van der Waals surface area contributed by atoms with E-state index >= 15 is 0 Å². The second-order valence-electron chi connectivity index (χ2n) is 5.73. The molecule has 8 nitrogen and oxygen atoms in total. The van der Waals surface area contributed by atoms with Gasteiger partial charge in [-0.2, -0.15) is 0 Å². The van der Waals surface area contributed by atoms with Gasteiger partial charge in [-0.05, 0) is 11.6 Å². The van der Waals surface area contributed by atoms with Crippen LogP contribution < -0.4 is 11.1 Å². The van der Waals surface area contributed by atoms with Crippen molar-refractivity contribution in [1.29, 1.82) is 0 Å². The van der Waals surface area contributed by atoms with Gasteiger partial charge in [0.25, 0.3) is 0 Å². The second-order valence-corrected chi connectivity index (χ2v) is 5.73. The van der Waals surface area contributed by atoms with Crippen molar-refractivity contribution in [2.45, 2.75) is 6.04 Å². The largest absolute Gasteiger partial charge is 0.394 e. The molecular weight excluding hydrogens is 330 g/mol. The predicted molar refractivity (Wildman–Crippen MR) is 98.3 cm³/mol. The van der Waals surface area contributed by atoms with Crippen LogP contribution in [0.15, 0.2) is 61.2 Å². The zero-order chi connectivity index (χ0) is 17.9. The van der Waals surface area contributed by atoms with E-state index in [9.17, 15) is 5.11 Å². The summed E-state index contributed by atoms with van der Waals surface area (Å²) < 4.78 is 1.61. The molecule has 4 N–H and O–H groups in total. The number of nitrogens with zero attached hydrogens (tertiary/aromatic N) is 5. The first-order valence-electron chi connectivity index (χ1n) is 8.10. The number of aliphatic hydroxyl groups is 1. The average molecular weight is 347 g/mol. The third kappa shape index (κ3) is 2.93. The molecule has 0 unspecified atom stereocenters. The smallest absolute Gasteiger partial charge is 0.166 e. The number of aliphatic hydroxyl groups excluding tert-OH is 1. The molecule has 0 aliphatic heterocycles. The number of nitrogens with two attached hydrogens (primary N) is 1. The van der Waals surface area contributed by atoms with Crippen LogP contribution >= 0.6 is 0 Å². The van der Waals surface area contributed by atoms with Gasteiger partial charge < -0.3 is 16.2 Å². The topological polar surface area (TPSA) is 114 Å². The first kappa shape index (κ1) is 16.0. The maximum absolute atomic E-state index is 9.73. The van der Waals surface area contributed by atoms with Crippen LogP contribution in [0.4, 0.5) is 11.6 Å². The minimum absolute atomic E-state index is 0.0657. The molecule has 0 aliphatic rings. The van der Waals surface area contributed by atoms with Gasteiger partial charge in [0.2, 0.25) is 0 Å². The number of benzene rings is 1. The molecule has 26 heavy (non-hydrogen) atoms. The number of nitrogens with one attached hydrogen (secondary N) is 1. The third-order valence-electron chi connectivity index (χ3n) is 4.05. The van der Waals surface area contributed by atoms with E-state index in [1.54, 1.807) is 29.0 Å². The second kappa shape index (κ2) is 6.77. The highest BCUT2D eigenvalue weighted by molar-refractivity contribution is 5.84. The Labute approximate surface area is 149 Å². The fourth-order valence-electron chi connectivity index (χ4n) is 2.82. The van der Waals surface area contributed by atoms with Gasteiger partial charge >= 0.3 is 0 Å². The Hall–Kier alpha value is -3.52. The first-order valence-corrected chi connectivity index (χ1v) is 8.10. The number of fused-ring (bicyclic) bond motifs is 1. The summed E-state index contributed by atoms with van der Waals surface area (Å²) in [5.74, 6) is 0.919. The van der Waals surface area contributed by atoms with E-state index in [1.807, 2.05) is 30.3 Å². The monoisotopic (exact) mass is 347 g/mol. The van der Waals surface area contributed by atoms with Gasteiger partial charge in [0.05, 0.1) is 23.9 Å². The summed E-state index contributed by atoms with van der Waals surface area (Å²) in [4.78, 5) is 12.9. The SMILES string of the molecule is Nc1nn2cccnc2c1-c1cc(N[C@H](CO)c2ccccc2)ncn1. The lowest BCUT2D eigenvalue weighted by atomic mass is 10.1. The van der Waals surface area contributed by atoms with Gasteiger partial charge in [0.15, 0.2) is 11.5 Å². The molecule has 0 amide bonds. The Balaban J connectivity index is 1.69. The lowest BCUT2D eigenvalue weighted by molar-refractivity contribution is 0.276. The van der Waals surface area contributed by atoms with Gasteiger partial charge in [-0.3, -0.25) is 0 Å². The third-order valence-corrected chi connectivity index (χ3v) is 4.05. The Morgan fingerprint density at radius 1 is 1.12 bits per heavy atom. The summed E-state index contributed by atoms with van der Waals surface area (Å²) >= 11 is 0. The molecule has 8 heteroatoms. The number of hydrogen-bond acceptors (Lipinski definition) is 7.